The molecule has 0 aliphatic rings. The van der Waals surface area contributed by atoms with Crippen LogP contribution < -0.4 is 0 Å². The van der Waals surface area contributed by atoms with Gasteiger partial charge in [-0.05, 0) is 18.9 Å². The van der Waals surface area contributed by atoms with Crippen molar-refractivity contribution < 1.29 is 0 Å². The zero-order valence-electron chi connectivity index (χ0n) is 10.0. The molecule has 1 aromatic heterocycles. The van der Waals surface area contributed by atoms with Gasteiger partial charge >= 0.3 is 0 Å². The average molecular weight is 236 g/mol. The minimum atomic E-state index is 0.0941. The molecule has 0 aliphatic heterocycles. The SMILES string of the molecule is C[C@H](Cc1ccccc1)n1cnc(C#N)c1C#N. The molecule has 2 aromatic rings. The van der Waals surface area contributed by atoms with Crippen molar-refractivity contribution >= 4 is 0 Å². The highest BCUT2D eigenvalue weighted by Crippen LogP contribution is 2.17. The molecule has 0 fully saturated rings. The van der Waals surface area contributed by atoms with E-state index in [1.807, 2.05) is 49.4 Å². The molecule has 1 heterocycles. The van der Waals surface area contributed by atoms with E-state index in [4.69, 9.17) is 10.5 Å². The Hall–Kier alpha value is -2.59. The van der Waals surface area contributed by atoms with Crippen LogP contribution >= 0.6 is 0 Å². The number of nitrogens with zero attached hydrogens (tertiary/aromatic N) is 4. The molecule has 18 heavy (non-hydrogen) atoms. The molecule has 0 saturated heterocycles. The average Bonchev–Trinajstić information content (AvgIpc) is 2.82. The van der Waals surface area contributed by atoms with E-state index in [0.29, 0.717) is 5.69 Å². The van der Waals surface area contributed by atoms with Crippen LogP contribution in [0.25, 0.3) is 0 Å². The van der Waals surface area contributed by atoms with E-state index in [9.17, 15) is 0 Å². The molecule has 1 atom stereocenters. The van der Waals surface area contributed by atoms with Crippen molar-refractivity contribution in [2.45, 2.75) is 19.4 Å². The summed E-state index contributed by atoms with van der Waals surface area (Å²) in [5.74, 6) is 0. The lowest BCUT2D eigenvalue weighted by atomic mass is 10.1. The third-order valence-corrected chi connectivity index (χ3v) is 2.85. The molecule has 0 amide bonds. The van der Waals surface area contributed by atoms with Crippen LogP contribution in [0.5, 0.6) is 0 Å². The lowest BCUT2D eigenvalue weighted by Crippen LogP contribution is -2.09. The summed E-state index contributed by atoms with van der Waals surface area (Å²) in [5, 5.41) is 17.9. The van der Waals surface area contributed by atoms with Crippen molar-refractivity contribution in [3.05, 3.63) is 53.6 Å². The van der Waals surface area contributed by atoms with Crippen molar-refractivity contribution in [3.8, 4) is 12.1 Å². The highest BCUT2D eigenvalue weighted by atomic mass is 15.1. The van der Waals surface area contributed by atoms with E-state index >= 15 is 0 Å². The minimum Gasteiger partial charge on any atom is -0.318 e. The van der Waals surface area contributed by atoms with Crippen LogP contribution in [0.1, 0.15) is 29.9 Å². The molecule has 4 heteroatoms. The first-order chi connectivity index (χ1) is 8.76. The highest BCUT2D eigenvalue weighted by molar-refractivity contribution is 5.36. The van der Waals surface area contributed by atoms with Crippen LogP contribution in [0, 0.1) is 22.7 Å². The Kier molecular flexibility index (Phi) is 3.41. The summed E-state index contributed by atoms with van der Waals surface area (Å²) < 4.78 is 1.76. The molecule has 0 spiro atoms. The molecule has 0 bridgehead atoms. The molecule has 88 valence electrons. The highest BCUT2D eigenvalue weighted by Gasteiger charge is 2.14. The molecule has 4 nitrogen and oxygen atoms in total. The van der Waals surface area contributed by atoms with Gasteiger partial charge < -0.3 is 4.57 Å². The predicted molar refractivity (Wildman–Crippen MR) is 66.5 cm³/mol. The van der Waals surface area contributed by atoms with Crippen LogP contribution in [-0.4, -0.2) is 9.55 Å². The lowest BCUT2D eigenvalue weighted by Gasteiger charge is -2.14. The van der Waals surface area contributed by atoms with E-state index in [1.54, 1.807) is 10.9 Å². The Morgan fingerprint density at radius 1 is 1.22 bits per heavy atom. The van der Waals surface area contributed by atoms with Gasteiger partial charge in [0, 0.05) is 6.04 Å². The van der Waals surface area contributed by atoms with Crippen LogP contribution in [0.15, 0.2) is 36.7 Å². The molecular formula is C14H12N4. The van der Waals surface area contributed by atoms with Crippen LogP contribution in [-0.2, 0) is 6.42 Å². The monoisotopic (exact) mass is 236 g/mol. The normalized spacial score (nSPS) is 11.5. The summed E-state index contributed by atoms with van der Waals surface area (Å²) >= 11 is 0. The number of benzene rings is 1. The predicted octanol–water partition coefficient (Wildman–Crippen LogP) is 2.43. The van der Waals surface area contributed by atoms with E-state index in [2.05, 4.69) is 4.98 Å². The van der Waals surface area contributed by atoms with Gasteiger partial charge in [-0.15, -0.1) is 0 Å². The Morgan fingerprint density at radius 3 is 2.56 bits per heavy atom. The quantitative estimate of drug-likeness (QED) is 0.822. The van der Waals surface area contributed by atoms with Crippen molar-refractivity contribution in [1.29, 1.82) is 10.5 Å². The van der Waals surface area contributed by atoms with Crippen molar-refractivity contribution in [3.63, 3.8) is 0 Å². The summed E-state index contributed by atoms with van der Waals surface area (Å²) in [6.07, 6.45) is 2.36. The largest absolute Gasteiger partial charge is 0.318 e. The fourth-order valence-corrected chi connectivity index (χ4v) is 1.94. The van der Waals surface area contributed by atoms with Crippen molar-refractivity contribution in [1.82, 2.24) is 9.55 Å². The van der Waals surface area contributed by atoms with Gasteiger partial charge in [-0.25, -0.2) is 4.98 Å². The summed E-state index contributed by atoms with van der Waals surface area (Å²) in [5.41, 5.74) is 1.72. The maximum Gasteiger partial charge on any atom is 0.176 e. The van der Waals surface area contributed by atoms with Gasteiger partial charge in [0.2, 0.25) is 0 Å². The van der Waals surface area contributed by atoms with Crippen LogP contribution in [0.3, 0.4) is 0 Å². The third-order valence-electron chi connectivity index (χ3n) is 2.85. The van der Waals surface area contributed by atoms with E-state index in [-0.39, 0.29) is 11.7 Å². The van der Waals surface area contributed by atoms with Gasteiger partial charge in [-0.2, -0.15) is 10.5 Å². The molecule has 1 aromatic carbocycles. The second-order valence-electron chi connectivity index (χ2n) is 4.11. The maximum absolute atomic E-state index is 9.07. The van der Waals surface area contributed by atoms with Crippen LogP contribution in [0.4, 0.5) is 0 Å². The van der Waals surface area contributed by atoms with E-state index in [0.717, 1.165) is 6.42 Å². The van der Waals surface area contributed by atoms with Gasteiger partial charge in [-0.3, -0.25) is 0 Å². The van der Waals surface area contributed by atoms with Gasteiger partial charge in [0.15, 0.2) is 11.4 Å². The number of hydrogen-bond acceptors (Lipinski definition) is 3. The molecule has 2 rings (SSSR count). The topological polar surface area (TPSA) is 65.4 Å². The molecule has 0 radical (unpaired) electrons. The Bertz CT molecular complexity index is 613. The first-order valence-corrected chi connectivity index (χ1v) is 5.67. The Balaban J connectivity index is 2.25. The number of rotatable bonds is 3. The van der Waals surface area contributed by atoms with Gasteiger partial charge in [0.1, 0.15) is 12.1 Å². The minimum absolute atomic E-state index is 0.0941. The fraction of sp³-hybridized carbons (Fsp3) is 0.214. The number of imidazole rings is 1. The zero-order chi connectivity index (χ0) is 13.0. The second-order valence-corrected chi connectivity index (χ2v) is 4.11. The smallest absolute Gasteiger partial charge is 0.176 e. The van der Waals surface area contributed by atoms with Gasteiger partial charge in [-0.1, -0.05) is 30.3 Å². The van der Waals surface area contributed by atoms with Crippen LogP contribution in [0.2, 0.25) is 0 Å². The van der Waals surface area contributed by atoms with Gasteiger partial charge in [0.05, 0.1) is 6.33 Å². The molecule has 0 saturated carbocycles. The summed E-state index contributed by atoms with van der Waals surface area (Å²) in [7, 11) is 0. The third kappa shape index (κ3) is 2.23. The molecule has 0 unspecified atom stereocenters. The first-order valence-electron chi connectivity index (χ1n) is 5.67. The Labute approximate surface area is 106 Å². The summed E-state index contributed by atoms with van der Waals surface area (Å²) in [4.78, 5) is 3.95. The van der Waals surface area contributed by atoms with Gasteiger partial charge in [0.25, 0.3) is 0 Å². The van der Waals surface area contributed by atoms with E-state index in [1.165, 1.54) is 5.56 Å². The summed E-state index contributed by atoms with van der Waals surface area (Å²) in [6.45, 7) is 2.01. The number of hydrogen-bond donors (Lipinski definition) is 0. The first kappa shape index (κ1) is 11.9. The number of nitriles is 2. The fourth-order valence-electron chi connectivity index (χ4n) is 1.94. The molecule has 0 aliphatic carbocycles. The lowest BCUT2D eigenvalue weighted by molar-refractivity contribution is 0.539. The maximum atomic E-state index is 9.07. The summed E-state index contributed by atoms with van der Waals surface area (Å²) in [6, 6.07) is 14.1. The Morgan fingerprint density at radius 2 is 1.94 bits per heavy atom. The molecular weight excluding hydrogens is 224 g/mol. The zero-order valence-corrected chi connectivity index (χ0v) is 10.0. The molecule has 0 N–H and O–H groups in total. The number of aromatic nitrogens is 2. The van der Waals surface area contributed by atoms with Crippen molar-refractivity contribution in [2.24, 2.45) is 0 Å². The van der Waals surface area contributed by atoms with E-state index < -0.39 is 0 Å². The van der Waals surface area contributed by atoms with Crippen molar-refractivity contribution in [2.75, 3.05) is 0 Å². The second kappa shape index (κ2) is 5.16. The standard InChI is InChI=1S/C14H12N4/c1-11(7-12-5-3-2-4-6-12)18-10-17-13(8-15)14(18)9-16/h2-6,10-11H,7H2,1H3/t11-/m1/s1.